The zero-order valence-corrected chi connectivity index (χ0v) is 12.4. The minimum absolute atomic E-state index is 0.167. The van der Waals surface area contributed by atoms with Crippen LogP contribution in [0.3, 0.4) is 0 Å². The van der Waals surface area contributed by atoms with Crippen LogP contribution in [-0.4, -0.2) is 31.8 Å². The summed E-state index contributed by atoms with van der Waals surface area (Å²) in [6.45, 7) is 11.3. The lowest BCUT2D eigenvalue weighted by molar-refractivity contribution is 0.152. The lowest BCUT2D eigenvalue weighted by Crippen LogP contribution is -2.35. The predicted octanol–water partition coefficient (Wildman–Crippen LogP) is 2.80. The Morgan fingerprint density at radius 1 is 1.11 bits per heavy atom. The van der Waals surface area contributed by atoms with Gasteiger partial charge in [-0.2, -0.15) is 0 Å². The van der Waals surface area contributed by atoms with E-state index in [2.05, 4.69) is 55.3 Å². The number of nitrogens with zero attached hydrogens (tertiary/aromatic N) is 1. The molecule has 0 atom stereocenters. The maximum atomic E-state index is 5.49. The van der Waals surface area contributed by atoms with Crippen LogP contribution in [0, 0.1) is 0 Å². The summed E-state index contributed by atoms with van der Waals surface area (Å²) in [4.78, 5) is 2.41. The van der Waals surface area contributed by atoms with Crippen molar-refractivity contribution in [1.82, 2.24) is 5.32 Å². The zero-order valence-electron chi connectivity index (χ0n) is 12.4. The number of rotatable bonds is 3. The Kier molecular flexibility index (Phi) is 4.83. The van der Waals surface area contributed by atoms with E-state index < -0.39 is 0 Å². The van der Waals surface area contributed by atoms with Crippen molar-refractivity contribution in [3.8, 4) is 0 Å². The number of anilines is 1. The van der Waals surface area contributed by atoms with Crippen LogP contribution >= 0.6 is 0 Å². The van der Waals surface area contributed by atoms with E-state index in [0.29, 0.717) is 0 Å². The third-order valence-corrected chi connectivity index (χ3v) is 3.35. The van der Waals surface area contributed by atoms with E-state index in [1.54, 1.807) is 0 Å². The van der Waals surface area contributed by atoms with Crippen LogP contribution < -0.4 is 10.2 Å². The predicted molar refractivity (Wildman–Crippen MR) is 80.7 cm³/mol. The molecule has 1 N–H and O–H groups in total. The summed E-state index contributed by atoms with van der Waals surface area (Å²) in [7, 11) is 0. The van der Waals surface area contributed by atoms with Crippen LogP contribution in [0.1, 0.15) is 32.8 Å². The lowest BCUT2D eigenvalue weighted by atomic mass is 10.1. The summed E-state index contributed by atoms with van der Waals surface area (Å²) >= 11 is 0. The van der Waals surface area contributed by atoms with E-state index in [1.165, 1.54) is 11.3 Å². The largest absolute Gasteiger partial charge is 0.380 e. The fraction of sp³-hybridized carbons (Fsp3) is 0.625. The molecule has 1 aromatic rings. The van der Waals surface area contributed by atoms with Gasteiger partial charge in [0.1, 0.15) is 0 Å². The monoisotopic (exact) mass is 262 g/mol. The van der Waals surface area contributed by atoms with Gasteiger partial charge in [0.2, 0.25) is 0 Å². The van der Waals surface area contributed by atoms with Crippen molar-refractivity contribution in [2.45, 2.75) is 39.3 Å². The highest BCUT2D eigenvalue weighted by Gasteiger charge is 2.11. The van der Waals surface area contributed by atoms with Crippen LogP contribution in [0.5, 0.6) is 0 Å². The molecular formula is C16H26N2O. The highest BCUT2D eigenvalue weighted by molar-refractivity contribution is 5.47. The molecule has 1 fully saturated rings. The van der Waals surface area contributed by atoms with Gasteiger partial charge in [0.15, 0.2) is 0 Å². The summed E-state index contributed by atoms with van der Waals surface area (Å²) < 4.78 is 5.49. The highest BCUT2D eigenvalue weighted by atomic mass is 16.5. The zero-order chi connectivity index (χ0) is 13.7. The molecule has 0 saturated carbocycles. The normalized spacial score (nSPS) is 17.3. The first-order chi connectivity index (χ1) is 9.04. The molecule has 0 radical (unpaired) electrons. The second kappa shape index (κ2) is 6.40. The molecule has 1 saturated heterocycles. The average molecular weight is 262 g/mol. The van der Waals surface area contributed by atoms with Gasteiger partial charge in [-0.05, 0) is 44.9 Å². The van der Waals surface area contributed by atoms with Crippen LogP contribution in [-0.2, 0) is 11.3 Å². The molecule has 3 heteroatoms. The number of nitrogens with one attached hydrogen (secondary N) is 1. The molecule has 1 aliphatic heterocycles. The summed E-state index contributed by atoms with van der Waals surface area (Å²) in [6.07, 6.45) is 1.12. The third kappa shape index (κ3) is 4.84. The van der Waals surface area contributed by atoms with Crippen molar-refractivity contribution in [3.05, 3.63) is 29.8 Å². The smallest absolute Gasteiger partial charge is 0.0641 e. The minimum atomic E-state index is 0.167. The van der Waals surface area contributed by atoms with Crippen molar-refractivity contribution in [1.29, 1.82) is 0 Å². The standard InChI is InChI=1S/C16H26N2O/c1-16(2,3)17-13-14-5-7-15(8-6-14)18-9-4-11-19-12-10-18/h5-8,17H,4,9-13H2,1-3H3. The Labute approximate surface area is 116 Å². The summed E-state index contributed by atoms with van der Waals surface area (Å²) in [6, 6.07) is 8.90. The quantitative estimate of drug-likeness (QED) is 0.906. The molecule has 106 valence electrons. The Morgan fingerprint density at radius 2 is 1.84 bits per heavy atom. The minimum Gasteiger partial charge on any atom is -0.380 e. The second-order valence-corrected chi connectivity index (χ2v) is 6.22. The maximum Gasteiger partial charge on any atom is 0.0641 e. The van der Waals surface area contributed by atoms with Crippen molar-refractivity contribution in [2.75, 3.05) is 31.2 Å². The molecule has 1 heterocycles. The van der Waals surface area contributed by atoms with Gasteiger partial charge < -0.3 is 15.0 Å². The second-order valence-electron chi connectivity index (χ2n) is 6.22. The fourth-order valence-corrected chi connectivity index (χ4v) is 2.20. The van der Waals surface area contributed by atoms with Gasteiger partial charge in [-0.3, -0.25) is 0 Å². The first-order valence-electron chi connectivity index (χ1n) is 7.21. The first kappa shape index (κ1) is 14.4. The topological polar surface area (TPSA) is 24.5 Å². The summed E-state index contributed by atoms with van der Waals surface area (Å²) in [5, 5.41) is 3.51. The molecule has 1 aliphatic rings. The van der Waals surface area contributed by atoms with Crippen molar-refractivity contribution in [2.24, 2.45) is 0 Å². The van der Waals surface area contributed by atoms with Gasteiger partial charge in [-0.1, -0.05) is 12.1 Å². The SMILES string of the molecule is CC(C)(C)NCc1ccc(N2CCCOCC2)cc1. The molecule has 0 aliphatic carbocycles. The maximum absolute atomic E-state index is 5.49. The lowest BCUT2D eigenvalue weighted by Gasteiger charge is -2.23. The molecule has 1 aromatic carbocycles. The average Bonchev–Trinajstić information content (AvgIpc) is 2.65. The van der Waals surface area contributed by atoms with Gasteiger partial charge in [-0.25, -0.2) is 0 Å². The molecule has 3 nitrogen and oxygen atoms in total. The van der Waals surface area contributed by atoms with Gasteiger partial charge in [0.05, 0.1) is 6.61 Å². The van der Waals surface area contributed by atoms with Gasteiger partial charge in [-0.15, -0.1) is 0 Å². The molecule has 0 unspecified atom stereocenters. The van der Waals surface area contributed by atoms with E-state index in [4.69, 9.17) is 4.74 Å². The molecule has 0 amide bonds. The molecule has 19 heavy (non-hydrogen) atoms. The van der Waals surface area contributed by atoms with Crippen molar-refractivity contribution >= 4 is 5.69 Å². The van der Waals surface area contributed by atoms with E-state index >= 15 is 0 Å². The molecular weight excluding hydrogens is 236 g/mol. The van der Waals surface area contributed by atoms with E-state index in [0.717, 1.165) is 39.3 Å². The van der Waals surface area contributed by atoms with Crippen molar-refractivity contribution in [3.63, 3.8) is 0 Å². The molecule has 2 rings (SSSR count). The van der Waals surface area contributed by atoms with Crippen LogP contribution in [0.25, 0.3) is 0 Å². The number of benzene rings is 1. The summed E-state index contributed by atoms with van der Waals surface area (Å²) in [5.74, 6) is 0. The van der Waals surface area contributed by atoms with Gasteiger partial charge in [0.25, 0.3) is 0 Å². The number of hydrogen-bond donors (Lipinski definition) is 1. The van der Waals surface area contributed by atoms with Crippen LogP contribution in [0.2, 0.25) is 0 Å². The van der Waals surface area contributed by atoms with Gasteiger partial charge >= 0.3 is 0 Å². The Hall–Kier alpha value is -1.06. The van der Waals surface area contributed by atoms with Gasteiger partial charge in [0, 0.05) is 37.5 Å². The molecule has 0 spiro atoms. The highest BCUT2D eigenvalue weighted by Crippen LogP contribution is 2.17. The third-order valence-electron chi connectivity index (χ3n) is 3.35. The number of ether oxygens (including phenoxy) is 1. The Balaban J connectivity index is 1.93. The van der Waals surface area contributed by atoms with Crippen molar-refractivity contribution < 1.29 is 4.74 Å². The first-order valence-corrected chi connectivity index (χ1v) is 7.21. The van der Waals surface area contributed by atoms with E-state index in [9.17, 15) is 0 Å². The Bertz CT molecular complexity index is 373. The molecule has 0 aromatic heterocycles. The van der Waals surface area contributed by atoms with Crippen LogP contribution in [0.15, 0.2) is 24.3 Å². The van der Waals surface area contributed by atoms with E-state index in [-0.39, 0.29) is 5.54 Å². The number of hydrogen-bond acceptors (Lipinski definition) is 3. The summed E-state index contributed by atoms with van der Waals surface area (Å²) in [5.41, 5.74) is 2.82. The fourth-order valence-electron chi connectivity index (χ4n) is 2.20. The Morgan fingerprint density at radius 3 is 2.53 bits per heavy atom. The van der Waals surface area contributed by atoms with E-state index in [1.807, 2.05) is 0 Å². The molecule has 0 bridgehead atoms. The van der Waals surface area contributed by atoms with Crippen LogP contribution in [0.4, 0.5) is 5.69 Å².